The maximum absolute atomic E-state index is 9.70. The normalized spacial score (nSPS) is 12.2. The molecule has 0 radical (unpaired) electrons. The topological polar surface area (TPSA) is 29.5 Å². The quantitative estimate of drug-likeness (QED) is 0.748. The first-order valence-electron chi connectivity index (χ1n) is 6.80. The van der Waals surface area contributed by atoms with Crippen LogP contribution >= 0.6 is 31.9 Å². The molecule has 2 aromatic carbocycles. The van der Waals surface area contributed by atoms with Gasteiger partial charge in [-0.25, -0.2) is 0 Å². The molecule has 0 aliphatic heterocycles. The van der Waals surface area contributed by atoms with E-state index >= 15 is 0 Å². The fourth-order valence-electron chi connectivity index (χ4n) is 2.32. The zero-order valence-electron chi connectivity index (χ0n) is 11.9. The maximum atomic E-state index is 9.70. The first kappa shape index (κ1) is 16.5. The van der Waals surface area contributed by atoms with Crippen LogP contribution in [0.2, 0.25) is 0 Å². The zero-order valence-corrected chi connectivity index (χ0v) is 15.0. The Bertz CT molecular complexity index is 599. The van der Waals surface area contributed by atoms with Crippen LogP contribution in [0.4, 0.5) is 0 Å². The number of halogens is 2. The summed E-state index contributed by atoms with van der Waals surface area (Å²) in [6.07, 6.45) is 1.64. The van der Waals surface area contributed by atoms with Crippen molar-refractivity contribution in [3.63, 3.8) is 0 Å². The summed E-state index contributed by atoms with van der Waals surface area (Å²) in [5.41, 5.74) is 2.37. The third kappa shape index (κ3) is 4.56. The van der Waals surface area contributed by atoms with E-state index in [9.17, 15) is 5.11 Å². The number of methoxy groups -OCH3 is 1. The van der Waals surface area contributed by atoms with Crippen LogP contribution in [-0.2, 0) is 12.8 Å². The summed E-state index contributed by atoms with van der Waals surface area (Å²) in [6.45, 7) is 0.158. The molecular weight excluding hydrogens is 396 g/mol. The molecule has 1 N–H and O–H groups in total. The van der Waals surface area contributed by atoms with E-state index < -0.39 is 0 Å². The largest absolute Gasteiger partial charge is 0.497 e. The molecule has 0 saturated carbocycles. The molecule has 1 unspecified atom stereocenters. The smallest absolute Gasteiger partial charge is 0.119 e. The lowest BCUT2D eigenvalue weighted by molar-refractivity contribution is 0.224. The van der Waals surface area contributed by atoms with E-state index in [4.69, 9.17) is 4.74 Å². The fourth-order valence-corrected chi connectivity index (χ4v) is 3.18. The molecule has 2 rings (SSSR count). The highest BCUT2D eigenvalue weighted by Crippen LogP contribution is 2.27. The van der Waals surface area contributed by atoms with Gasteiger partial charge in [0, 0.05) is 15.6 Å². The molecule has 0 spiro atoms. The molecule has 21 heavy (non-hydrogen) atoms. The van der Waals surface area contributed by atoms with Crippen molar-refractivity contribution in [2.24, 2.45) is 5.92 Å². The Hall–Kier alpha value is -0.840. The summed E-state index contributed by atoms with van der Waals surface area (Å²) < 4.78 is 7.41. The molecule has 0 aliphatic rings. The predicted octanol–water partition coefficient (Wildman–Crippen LogP) is 4.61. The van der Waals surface area contributed by atoms with Crippen LogP contribution in [0.3, 0.4) is 0 Å². The number of ether oxygens (including phenoxy) is 1. The molecule has 0 fully saturated rings. The van der Waals surface area contributed by atoms with E-state index in [0.717, 1.165) is 33.1 Å². The average Bonchev–Trinajstić information content (AvgIpc) is 2.50. The van der Waals surface area contributed by atoms with Crippen molar-refractivity contribution in [1.29, 1.82) is 0 Å². The van der Waals surface area contributed by atoms with Crippen LogP contribution in [0.25, 0.3) is 0 Å². The van der Waals surface area contributed by atoms with Crippen molar-refractivity contribution in [3.8, 4) is 5.75 Å². The van der Waals surface area contributed by atoms with E-state index in [0.29, 0.717) is 0 Å². The second-order valence-corrected chi connectivity index (χ2v) is 6.71. The third-order valence-corrected chi connectivity index (χ3v) is 5.03. The minimum Gasteiger partial charge on any atom is -0.497 e. The van der Waals surface area contributed by atoms with Crippen LogP contribution in [0.1, 0.15) is 11.1 Å². The summed E-state index contributed by atoms with van der Waals surface area (Å²) >= 11 is 7.14. The van der Waals surface area contributed by atoms with Gasteiger partial charge in [-0.1, -0.05) is 50.1 Å². The lowest BCUT2D eigenvalue weighted by atomic mass is 9.93. The van der Waals surface area contributed by atoms with Gasteiger partial charge in [0.1, 0.15) is 5.75 Å². The van der Waals surface area contributed by atoms with Gasteiger partial charge in [-0.05, 0) is 54.2 Å². The van der Waals surface area contributed by atoms with E-state index in [1.165, 1.54) is 5.56 Å². The van der Waals surface area contributed by atoms with Crippen LogP contribution < -0.4 is 4.74 Å². The minimum absolute atomic E-state index is 0.158. The summed E-state index contributed by atoms with van der Waals surface area (Å²) in [5.74, 6) is 1.01. The van der Waals surface area contributed by atoms with Crippen molar-refractivity contribution >= 4 is 31.9 Å². The first-order valence-corrected chi connectivity index (χ1v) is 8.39. The molecule has 112 valence electrons. The second kappa shape index (κ2) is 7.97. The molecule has 0 aliphatic carbocycles. The van der Waals surface area contributed by atoms with Gasteiger partial charge >= 0.3 is 0 Å². The molecule has 0 amide bonds. The van der Waals surface area contributed by atoms with Gasteiger partial charge in [0.15, 0.2) is 0 Å². The Morgan fingerprint density at radius 3 is 2.33 bits per heavy atom. The molecule has 4 heteroatoms. The predicted molar refractivity (Wildman–Crippen MR) is 92.8 cm³/mol. The molecule has 0 bridgehead atoms. The van der Waals surface area contributed by atoms with Crippen LogP contribution in [-0.4, -0.2) is 18.8 Å². The SMILES string of the molecule is COc1ccc(Br)c(CC(CO)Cc2ccccc2Br)c1. The Morgan fingerprint density at radius 1 is 1.00 bits per heavy atom. The number of rotatable bonds is 6. The van der Waals surface area contributed by atoms with Gasteiger partial charge in [0.05, 0.1) is 7.11 Å². The van der Waals surface area contributed by atoms with Crippen molar-refractivity contribution in [1.82, 2.24) is 0 Å². The van der Waals surface area contributed by atoms with Gasteiger partial charge < -0.3 is 9.84 Å². The number of hydrogen-bond donors (Lipinski definition) is 1. The number of benzene rings is 2. The molecule has 1 atom stereocenters. The molecule has 0 aromatic heterocycles. The zero-order chi connectivity index (χ0) is 15.2. The lowest BCUT2D eigenvalue weighted by Crippen LogP contribution is -2.13. The highest BCUT2D eigenvalue weighted by Gasteiger charge is 2.14. The van der Waals surface area contributed by atoms with E-state index in [-0.39, 0.29) is 12.5 Å². The Kier molecular flexibility index (Phi) is 6.27. The van der Waals surface area contributed by atoms with Crippen LogP contribution in [0, 0.1) is 5.92 Å². The Labute approximate surface area is 142 Å². The molecular formula is C17H18Br2O2. The number of aliphatic hydroxyl groups excluding tert-OH is 1. The van der Waals surface area contributed by atoms with Crippen molar-refractivity contribution in [3.05, 3.63) is 62.5 Å². The highest BCUT2D eigenvalue weighted by atomic mass is 79.9. The summed E-state index contributed by atoms with van der Waals surface area (Å²) in [6, 6.07) is 14.1. The van der Waals surface area contributed by atoms with Gasteiger partial charge in [-0.2, -0.15) is 0 Å². The monoisotopic (exact) mass is 412 g/mol. The molecule has 2 aromatic rings. The molecule has 0 heterocycles. The van der Waals surface area contributed by atoms with Gasteiger partial charge in [0.2, 0.25) is 0 Å². The van der Waals surface area contributed by atoms with Crippen molar-refractivity contribution < 1.29 is 9.84 Å². The first-order chi connectivity index (χ1) is 10.1. The van der Waals surface area contributed by atoms with E-state index in [1.807, 2.05) is 36.4 Å². The Balaban J connectivity index is 2.14. The van der Waals surface area contributed by atoms with Gasteiger partial charge in [-0.3, -0.25) is 0 Å². The van der Waals surface area contributed by atoms with Crippen LogP contribution in [0.5, 0.6) is 5.75 Å². The Morgan fingerprint density at radius 2 is 1.67 bits per heavy atom. The fraction of sp³-hybridized carbons (Fsp3) is 0.294. The van der Waals surface area contributed by atoms with Crippen molar-refractivity contribution in [2.75, 3.05) is 13.7 Å². The van der Waals surface area contributed by atoms with E-state index in [2.05, 4.69) is 37.9 Å². The van der Waals surface area contributed by atoms with Crippen LogP contribution in [0.15, 0.2) is 51.4 Å². The summed E-state index contributed by atoms with van der Waals surface area (Å²) in [5, 5.41) is 9.70. The average molecular weight is 414 g/mol. The number of hydrogen-bond acceptors (Lipinski definition) is 2. The number of aliphatic hydroxyl groups is 1. The molecule has 0 saturated heterocycles. The summed E-state index contributed by atoms with van der Waals surface area (Å²) in [4.78, 5) is 0. The standard InChI is InChI=1S/C17H18Br2O2/c1-21-15-6-7-17(19)14(10-15)9-12(11-20)8-13-4-2-3-5-16(13)18/h2-7,10,12,20H,8-9,11H2,1H3. The minimum atomic E-state index is 0.158. The molecule has 2 nitrogen and oxygen atoms in total. The van der Waals surface area contributed by atoms with Crippen molar-refractivity contribution in [2.45, 2.75) is 12.8 Å². The third-order valence-electron chi connectivity index (χ3n) is 3.49. The van der Waals surface area contributed by atoms with E-state index in [1.54, 1.807) is 7.11 Å². The summed E-state index contributed by atoms with van der Waals surface area (Å²) in [7, 11) is 1.66. The lowest BCUT2D eigenvalue weighted by Gasteiger charge is -2.17. The second-order valence-electron chi connectivity index (χ2n) is 5.01. The highest BCUT2D eigenvalue weighted by molar-refractivity contribution is 9.10. The maximum Gasteiger partial charge on any atom is 0.119 e. The van der Waals surface area contributed by atoms with Gasteiger partial charge in [-0.15, -0.1) is 0 Å². The van der Waals surface area contributed by atoms with Gasteiger partial charge in [0.25, 0.3) is 0 Å².